The van der Waals surface area contributed by atoms with Crippen molar-refractivity contribution < 1.29 is 9.53 Å². The lowest BCUT2D eigenvalue weighted by molar-refractivity contribution is -0.0872. The Morgan fingerprint density at radius 3 is 2.31 bits per heavy atom. The maximum absolute atomic E-state index is 13.0. The van der Waals surface area contributed by atoms with Crippen molar-refractivity contribution in [3.8, 4) is 12.3 Å². The first-order valence-corrected chi connectivity index (χ1v) is 9.23. The summed E-state index contributed by atoms with van der Waals surface area (Å²) in [4.78, 5) is 15.5. The van der Waals surface area contributed by atoms with Crippen molar-refractivity contribution >= 4 is 5.78 Å². The molecule has 2 unspecified atom stereocenters. The molecule has 2 aliphatic rings. The number of carbonyl (C=O) groups is 1. The van der Waals surface area contributed by atoms with Crippen LogP contribution in [0.5, 0.6) is 0 Å². The van der Waals surface area contributed by atoms with Crippen LogP contribution in [0, 0.1) is 18.3 Å². The fourth-order valence-corrected chi connectivity index (χ4v) is 4.22. The third kappa shape index (κ3) is 3.44. The average Bonchev–Trinajstić information content (AvgIpc) is 2.68. The second-order valence-electron chi connectivity index (χ2n) is 7.26. The van der Waals surface area contributed by atoms with E-state index in [0.717, 1.165) is 30.5 Å². The number of ketones is 1. The summed E-state index contributed by atoms with van der Waals surface area (Å²) in [7, 11) is 0. The van der Waals surface area contributed by atoms with E-state index in [2.05, 4.69) is 35.1 Å². The Morgan fingerprint density at radius 1 is 1.04 bits per heavy atom. The molecule has 0 N–H and O–H groups in total. The lowest BCUT2D eigenvalue weighted by Gasteiger charge is -2.48. The number of ether oxygens (including phenoxy) is 1. The normalized spacial score (nSPS) is 25.4. The summed E-state index contributed by atoms with van der Waals surface area (Å²) in [5.74, 6) is 2.91. The summed E-state index contributed by atoms with van der Waals surface area (Å²) in [6.45, 7) is 2.35. The standard InChI is InChI=1S/C23H23NO2/c1-2-17-8-10-19(11-9-17)23(25)20-12-21-15-26-16-22(13-20)24(21)14-18-6-4-3-5-7-18/h1,3-11,20-22H,12-16H2. The molecule has 26 heavy (non-hydrogen) atoms. The Balaban J connectivity index is 1.48. The number of rotatable bonds is 4. The van der Waals surface area contributed by atoms with E-state index < -0.39 is 0 Å². The topological polar surface area (TPSA) is 29.5 Å². The number of piperidine rings is 1. The number of fused-ring (bicyclic) bond motifs is 2. The van der Waals surface area contributed by atoms with Gasteiger partial charge in [0.1, 0.15) is 0 Å². The largest absolute Gasteiger partial charge is 0.378 e. The quantitative estimate of drug-likeness (QED) is 0.627. The van der Waals surface area contributed by atoms with Crippen molar-refractivity contribution in [1.29, 1.82) is 0 Å². The maximum atomic E-state index is 13.0. The first-order valence-electron chi connectivity index (χ1n) is 9.23. The molecule has 0 spiro atoms. The van der Waals surface area contributed by atoms with E-state index in [0.29, 0.717) is 25.3 Å². The van der Waals surface area contributed by atoms with Gasteiger partial charge in [0.05, 0.1) is 13.2 Å². The van der Waals surface area contributed by atoms with Gasteiger partial charge in [0.15, 0.2) is 5.78 Å². The van der Waals surface area contributed by atoms with E-state index >= 15 is 0 Å². The molecule has 0 radical (unpaired) electrons. The van der Waals surface area contributed by atoms with E-state index in [9.17, 15) is 4.79 Å². The smallest absolute Gasteiger partial charge is 0.166 e. The van der Waals surface area contributed by atoms with Crippen LogP contribution in [0.4, 0.5) is 0 Å². The number of terminal acetylenes is 1. The molecule has 2 aromatic rings. The summed E-state index contributed by atoms with van der Waals surface area (Å²) in [6, 6.07) is 18.6. The highest BCUT2D eigenvalue weighted by Gasteiger charge is 2.41. The number of Topliss-reactive ketones (excluding diaryl/α,β-unsaturated/α-hetero) is 1. The molecule has 3 nitrogen and oxygen atoms in total. The number of hydrogen-bond acceptors (Lipinski definition) is 3. The Morgan fingerprint density at radius 2 is 1.69 bits per heavy atom. The molecule has 2 aliphatic heterocycles. The Hall–Kier alpha value is -2.41. The maximum Gasteiger partial charge on any atom is 0.166 e. The summed E-state index contributed by atoms with van der Waals surface area (Å²) in [6.07, 6.45) is 7.13. The molecular weight excluding hydrogens is 322 g/mol. The second kappa shape index (κ2) is 7.45. The third-order valence-corrected chi connectivity index (χ3v) is 5.59. The van der Waals surface area contributed by atoms with Gasteiger partial charge in [-0.2, -0.15) is 0 Å². The minimum absolute atomic E-state index is 0.0672. The molecule has 2 aromatic carbocycles. The summed E-state index contributed by atoms with van der Waals surface area (Å²) < 4.78 is 5.79. The highest BCUT2D eigenvalue weighted by Crippen LogP contribution is 2.34. The van der Waals surface area contributed by atoms with Crippen molar-refractivity contribution in [3.05, 3.63) is 71.3 Å². The van der Waals surface area contributed by atoms with Gasteiger partial charge >= 0.3 is 0 Å². The van der Waals surface area contributed by atoms with Gasteiger partial charge in [-0.25, -0.2) is 0 Å². The Labute approximate surface area is 155 Å². The molecule has 2 saturated heterocycles. The average molecular weight is 345 g/mol. The van der Waals surface area contributed by atoms with E-state index in [-0.39, 0.29) is 11.7 Å². The van der Waals surface area contributed by atoms with Gasteiger partial charge in [-0.05, 0) is 30.5 Å². The van der Waals surface area contributed by atoms with Gasteiger partial charge < -0.3 is 4.74 Å². The van der Waals surface area contributed by atoms with E-state index in [1.54, 1.807) is 0 Å². The molecule has 132 valence electrons. The van der Waals surface area contributed by atoms with Crippen LogP contribution in [0.25, 0.3) is 0 Å². The van der Waals surface area contributed by atoms with Crippen molar-refractivity contribution in [2.45, 2.75) is 31.5 Å². The molecule has 3 heteroatoms. The van der Waals surface area contributed by atoms with Crippen LogP contribution in [0.3, 0.4) is 0 Å². The van der Waals surface area contributed by atoms with Crippen molar-refractivity contribution in [2.24, 2.45) is 5.92 Å². The van der Waals surface area contributed by atoms with Gasteiger partial charge in [-0.3, -0.25) is 9.69 Å². The predicted octanol–water partition coefficient (Wildman–Crippen LogP) is 3.53. The van der Waals surface area contributed by atoms with Crippen LogP contribution < -0.4 is 0 Å². The number of morpholine rings is 1. The molecule has 0 amide bonds. The molecule has 0 aromatic heterocycles. The monoisotopic (exact) mass is 345 g/mol. The SMILES string of the molecule is C#Cc1ccc(C(=O)C2CC3COCC(C2)N3Cc2ccccc2)cc1. The van der Waals surface area contributed by atoms with Crippen LogP contribution in [0.1, 0.15) is 34.3 Å². The molecular formula is C23H23NO2. The Bertz CT molecular complexity index is 792. The van der Waals surface area contributed by atoms with Crippen LogP contribution in [-0.4, -0.2) is 36.0 Å². The molecule has 4 rings (SSSR count). The minimum Gasteiger partial charge on any atom is -0.378 e. The highest BCUT2D eigenvalue weighted by molar-refractivity contribution is 5.98. The lowest BCUT2D eigenvalue weighted by Crippen LogP contribution is -2.57. The molecule has 2 atom stereocenters. The molecule has 2 heterocycles. The van der Waals surface area contributed by atoms with Crippen LogP contribution in [0.2, 0.25) is 0 Å². The first-order chi connectivity index (χ1) is 12.7. The number of hydrogen-bond donors (Lipinski definition) is 0. The zero-order valence-corrected chi connectivity index (χ0v) is 14.8. The van der Waals surface area contributed by atoms with E-state index in [1.165, 1.54) is 5.56 Å². The molecule has 2 fully saturated rings. The third-order valence-electron chi connectivity index (χ3n) is 5.59. The lowest BCUT2D eigenvalue weighted by atomic mass is 9.80. The summed E-state index contributed by atoms with van der Waals surface area (Å²) >= 11 is 0. The fourth-order valence-electron chi connectivity index (χ4n) is 4.22. The first kappa shape index (κ1) is 17.0. The van der Waals surface area contributed by atoms with Crippen molar-refractivity contribution in [2.75, 3.05) is 13.2 Å². The van der Waals surface area contributed by atoms with Gasteiger partial charge in [0.2, 0.25) is 0 Å². The number of carbonyl (C=O) groups excluding carboxylic acids is 1. The van der Waals surface area contributed by atoms with Crippen LogP contribution in [0.15, 0.2) is 54.6 Å². The zero-order chi connectivity index (χ0) is 17.9. The zero-order valence-electron chi connectivity index (χ0n) is 14.8. The van der Waals surface area contributed by atoms with Gasteiger partial charge in [0.25, 0.3) is 0 Å². The predicted molar refractivity (Wildman–Crippen MR) is 102 cm³/mol. The summed E-state index contributed by atoms with van der Waals surface area (Å²) in [5.41, 5.74) is 2.90. The van der Waals surface area contributed by atoms with Crippen molar-refractivity contribution in [1.82, 2.24) is 4.90 Å². The van der Waals surface area contributed by atoms with Gasteiger partial charge in [-0.1, -0.05) is 48.4 Å². The van der Waals surface area contributed by atoms with E-state index in [4.69, 9.17) is 11.2 Å². The molecule has 0 saturated carbocycles. The van der Waals surface area contributed by atoms with E-state index in [1.807, 2.05) is 30.3 Å². The number of nitrogens with zero attached hydrogens (tertiary/aromatic N) is 1. The molecule has 2 bridgehead atoms. The second-order valence-corrected chi connectivity index (χ2v) is 7.26. The number of benzene rings is 2. The molecule has 0 aliphatic carbocycles. The Kier molecular flexibility index (Phi) is 4.88. The minimum atomic E-state index is 0.0672. The van der Waals surface area contributed by atoms with Crippen LogP contribution >= 0.6 is 0 Å². The van der Waals surface area contributed by atoms with Gasteiger partial charge in [0, 0.05) is 35.7 Å². The van der Waals surface area contributed by atoms with Crippen molar-refractivity contribution in [3.63, 3.8) is 0 Å². The van der Waals surface area contributed by atoms with Gasteiger partial charge in [-0.15, -0.1) is 6.42 Å². The highest BCUT2D eigenvalue weighted by atomic mass is 16.5. The fraction of sp³-hybridized carbons (Fsp3) is 0.348. The van der Waals surface area contributed by atoms with Crippen LogP contribution in [-0.2, 0) is 11.3 Å². The summed E-state index contributed by atoms with van der Waals surface area (Å²) in [5, 5.41) is 0.